The van der Waals surface area contributed by atoms with Crippen molar-refractivity contribution in [3.05, 3.63) is 58.7 Å². The summed E-state index contributed by atoms with van der Waals surface area (Å²) in [4.78, 5) is 14.7. The lowest BCUT2D eigenvalue weighted by Crippen LogP contribution is -2.39. The van der Waals surface area contributed by atoms with Gasteiger partial charge in [0, 0.05) is 12.2 Å². The van der Waals surface area contributed by atoms with E-state index in [0.29, 0.717) is 6.54 Å². The number of hydrogen-bond donors (Lipinski definition) is 1. The Balaban J connectivity index is 2.06. The predicted molar refractivity (Wildman–Crippen MR) is 103 cm³/mol. The van der Waals surface area contributed by atoms with E-state index in [1.165, 1.54) is 5.56 Å². The minimum Gasteiger partial charge on any atom is -0.497 e. The van der Waals surface area contributed by atoms with Crippen LogP contribution in [-0.4, -0.2) is 31.0 Å². The first kappa shape index (κ1) is 19.0. The van der Waals surface area contributed by atoms with Gasteiger partial charge in [-0.15, -0.1) is 0 Å². The number of carbonyl (C=O) groups excluding carboxylic acids is 1. The zero-order valence-corrected chi connectivity index (χ0v) is 16.0. The number of anilines is 1. The van der Waals surface area contributed by atoms with Crippen molar-refractivity contribution >= 4 is 11.6 Å². The monoisotopic (exact) mass is 340 g/mol. The van der Waals surface area contributed by atoms with Gasteiger partial charge in [0.2, 0.25) is 5.91 Å². The van der Waals surface area contributed by atoms with E-state index < -0.39 is 0 Å². The number of nitrogens with zero attached hydrogens (tertiary/aromatic N) is 1. The molecule has 134 valence electrons. The molecular formula is C21H28N2O2. The number of benzene rings is 2. The van der Waals surface area contributed by atoms with Crippen molar-refractivity contribution in [3.8, 4) is 5.75 Å². The van der Waals surface area contributed by atoms with Gasteiger partial charge in [0.1, 0.15) is 5.75 Å². The maximum atomic E-state index is 12.7. The average molecular weight is 340 g/mol. The number of hydrogen-bond acceptors (Lipinski definition) is 3. The van der Waals surface area contributed by atoms with E-state index in [4.69, 9.17) is 4.74 Å². The number of likely N-dealkylation sites (N-methyl/N-ethyl adjacent to an activating group) is 1. The molecule has 4 nitrogen and oxygen atoms in total. The highest BCUT2D eigenvalue weighted by Gasteiger charge is 2.19. The maximum Gasteiger partial charge on any atom is 0.241 e. The molecule has 2 aromatic carbocycles. The first-order valence-corrected chi connectivity index (χ1v) is 8.53. The third-order valence-corrected chi connectivity index (χ3v) is 4.53. The van der Waals surface area contributed by atoms with Crippen LogP contribution in [0.25, 0.3) is 0 Å². The molecule has 0 aliphatic heterocycles. The molecule has 0 bridgehead atoms. The number of amides is 1. The largest absolute Gasteiger partial charge is 0.497 e. The van der Waals surface area contributed by atoms with Gasteiger partial charge in [0.15, 0.2) is 0 Å². The highest BCUT2D eigenvalue weighted by Crippen LogP contribution is 2.22. The Kier molecular flexibility index (Phi) is 6.21. The number of carbonyl (C=O) groups is 1. The van der Waals surface area contributed by atoms with Gasteiger partial charge in [-0.2, -0.15) is 0 Å². The molecule has 25 heavy (non-hydrogen) atoms. The normalized spacial score (nSPS) is 12.1. The molecule has 0 saturated carbocycles. The van der Waals surface area contributed by atoms with Crippen LogP contribution in [0.2, 0.25) is 0 Å². The molecule has 4 heteroatoms. The van der Waals surface area contributed by atoms with Crippen molar-refractivity contribution in [2.24, 2.45) is 0 Å². The zero-order valence-electron chi connectivity index (χ0n) is 16.0. The molecule has 0 aromatic heterocycles. The second kappa shape index (κ2) is 8.17. The van der Waals surface area contributed by atoms with E-state index in [2.05, 4.69) is 24.4 Å². The summed E-state index contributed by atoms with van der Waals surface area (Å²) >= 11 is 0. The molecule has 0 radical (unpaired) electrons. The van der Waals surface area contributed by atoms with Gasteiger partial charge in [0.05, 0.1) is 13.2 Å². The Morgan fingerprint density at radius 1 is 1.16 bits per heavy atom. The number of methoxy groups -OCH3 is 1. The van der Waals surface area contributed by atoms with Gasteiger partial charge in [0.25, 0.3) is 0 Å². The fourth-order valence-electron chi connectivity index (χ4n) is 3.00. The maximum absolute atomic E-state index is 12.7. The summed E-state index contributed by atoms with van der Waals surface area (Å²) in [7, 11) is 3.61. The molecule has 0 aliphatic carbocycles. The van der Waals surface area contributed by atoms with Crippen LogP contribution in [0, 0.1) is 20.8 Å². The van der Waals surface area contributed by atoms with Crippen LogP contribution in [-0.2, 0) is 11.3 Å². The summed E-state index contributed by atoms with van der Waals surface area (Å²) in [5, 5.41) is 3.09. The SMILES string of the molecule is COc1cccc(CN(C)[C@H](C)C(=O)Nc2c(C)cc(C)cc2C)c1. The highest BCUT2D eigenvalue weighted by atomic mass is 16.5. The van der Waals surface area contributed by atoms with Crippen molar-refractivity contribution in [1.82, 2.24) is 4.90 Å². The Hall–Kier alpha value is -2.33. The van der Waals surface area contributed by atoms with Crippen molar-refractivity contribution in [1.29, 1.82) is 0 Å². The van der Waals surface area contributed by atoms with E-state index in [1.807, 2.05) is 57.0 Å². The Bertz CT molecular complexity index is 732. The summed E-state index contributed by atoms with van der Waals surface area (Å²) in [5.41, 5.74) is 5.42. The first-order valence-electron chi connectivity index (χ1n) is 8.53. The fourth-order valence-corrected chi connectivity index (χ4v) is 3.00. The molecule has 2 rings (SSSR count). The van der Waals surface area contributed by atoms with Gasteiger partial charge in [-0.3, -0.25) is 9.69 Å². The molecule has 0 saturated heterocycles. The number of nitrogens with one attached hydrogen (secondary N) is 1. The van der Waals surface area contributed by atoms with E-state index in [0.717, 1.165) is 28.1 Å². The number of rotatable bonds is 6. The second-order valence-corrected chi connectivity index (χ2v) is 6.71. The minimum atomic E-state index is -0.244. The van der Waals surface area contributed by atoms with Crippen LogP contribution in [0.5, 0.6) is 5.75 Å². The number of ether oxygens (including phenoxy) is 1. The van der Waals surface area contributed by atoms with Crippen molar-refractivity contribution in [2.75, 3.05) is 19.5 Å². The molecular weight excluding hydrogens is 312 g/mol. The molecule has 1 amide bonds. The van der Waals surface area contributed by atoms with Crippen LogP contribution in [0.1, 0.15) is 29.2 Å². The summed E-state index contributed by atoms with van der Waals surface area (Å²) in [6.07, 6.45) is 0. The van der Waals surface area contributed by atoms with Crippen molar-refractivity contribution in [3.63, 3.8) is 0 Å². The van der Waals surface area contributed by atoms with Crippen LogP contribution in [0.3, 0.4) is 0 Å². The molecule has 2 aromatic rings. The Morgan fingerprint density at radius 2 is 1.80 bits per heavy atom. The summed E-state index contributed by atoms with van der Waals surface area (Å²) < 4.78 is 5.26. The Labute approximate surface area is 150 Å². The molecule has 1 atom stereocenters. The van der Waals surface area contributed by atoms with Gasteiger partial charge < -0.3 is 10.1 Å². The van der Waals surface area contributed by atoms with Gasteiger partial charge in [-0.1, -0.05) is 29.8 Å². The molecule has 0 heterocycles. The minimum absolute atomic E-state index is 0.000416. The van der Waals surface area contributed by atoms with Crippen LogP contribution in [0.4, 0.5) is 5.69 Å². The average Bonchev–Trinajstić information content (AvgIpc) is 2.57. The van der Waals surface area contributed by atoms with Crippen LogP contribution in [0.15, 0.2) is 36.4 Å². The van der Waals surface area contributed by atoms with Gasteiger partial charge in [-0.05, 0) is 63.6 Å². The quantitative estimate of drug-likeness (QED) is 0.861. The molecule has 0 aliphatic rings. The van der Waals surface area contributed by atoms with E-state index in [9.17, 15) is 4.79 Å². The van der Waals surface area contributed by atoms with E-state index in [-0.39, 0.29) is 11.9 Å². The topological polar surface area (TPSA) is 41.6 Å². The first-order chi connectivity index (χ1) is 11.8. The predicted octanol–water partition coefficient (Wildman–Crippen LogP) is 4.08. The summed E-state index contributed by atoms with van der Waals surface area (Å²) in [5.74, 6) is 0.828. The zero-order chi connectivity index (χ0) is 18.6. The summed E-state index contributed by atoms with van der Waals surface area (Å²) in [6, 6.07) is 11.9. The lowest BCUT2D eigenvalue weighted by molar-refractivity contribution is -0.120. The number of aryl methyl sites for hydroxylation is 3. The molecule has 1 N–H and O–H groups in total. The Morgan fingerprint density at radius 3 is 2.40 bits per heavy atom. The standard InChI is InChI=1S/C21H28N2O2/c1-14-10-15(2)20(16(3)11-14)22-21(24)17(4)23(5)13-18-8-7-9-19(12-18)25-6/h7-12,17H,13H2,1-6H3,(H,22,24)/t17-/m1/s1. The van der Waals surface area contributed by atoms with Gasteiger partial charge >= 0.3 is 0 Å². The lowest BCUT2D eigenvalue weighted by Gasteiger charge is -2.25. The second-order valence-electron chi connectivity index (χ2n) is 6.71. The van der Waals surface area contributed by atoms with Crippen LogP contribution >= 0.6 is 0 Å². The fraction of sp³-hybridized carbons (Fsp3) is 0.381. The highest BCUT2D eigenvalue weighted by molar-refractivity contribution is 5.95. The van der Waals surface area contributed by atoms with E-state index >= 15 is 0 Å². The third-order valence-electron chi connectivity index (χ3n) is 4.53. The van der Waals surface area contributed by atoms with Gasteiger partial charge in [-0.25, -0.2) is 0 Å². The molecule has 0 fully saturated rings. The van der Waals surface area contributed by atoms with Crippen LogP contribution < -0.4 is 10.1 Å². The molecule has 0 spiro atoms. The van der Waals surface area contributed by atoms with Crippen molar-refractivity contribution < 1.29 is 9.53 Å². The van der Waals surface area contributed by atoms with E-state index in [1.54, 1.807) is 7.11 Å². The smallest absolute Gasteiger partial charge is 0.241 e. The van der Waals surface area contributed by atoms with Crippen molar-refractivity contribution in [2.45, 2.75) is 40.3 Å². The third kappa shape index (κ3) is 4.83. The lowest BCUT2D eigenvalue weighted by atomic mass is 10.0. The molecule has 0 unspecified atom stereocenters. The summed E-state index contributed by atoms with van der Waals surface area (Å²) in [6.45, 7) is 8.72.